The number of benzene rings is 2. The molecule has 0 radical (unpaired) electrons. The molecule has 1 atom stereocenters. The van der Waals surface area contributed by atoms with E-state index in [0.29, 0.717) is 22.2 Å². The molecule has 0 unspecified atom stereocenters. The second-order valence-electron chi connectivity index (χ2n) is 5.52. The molecule has 2 aromatic carbocycles. The second-order valence-corrected chi connectivity index (χ2v) is 6.83. The molecule has 4 N–H and O–H groups in total. The Balaban J connectivity index is 1.61. The highest BCUT2D eigenvalue weighted by molar-refractivity contribution is 8.00. The Labute approximate surface area is 154 Å². The van der Waals surface area contributed by atoms with Crippen molar-refractivity contribution in [2.24, 2.45) is 5.73 Å². The van der Waals surface area contributed by atoms with E-state index >= 15 is 0 Å². The highest BCUT2D eigenvalue weighted by atomic mass is 32.2. The summed E-state index contributed by atoms with van der Waals surface area (Å²) in [5.41, 5.74) is 7.10. The Hall–Kier alpha value is -3.13. The number of aromatic nitrogens is 3. The van der Waals surface area contributed by atoms with Crippen LogP contribution in [-0.2, 0) is 4.79 Å². The fourth-order valence-electron chi connectivity index (χ4n) is 2.20. The van der Waals surface area contributed by atoms with E-state index in [4.69, 9.17) is 5.73 Å². The summed E-state index contributed by atoms with van der Waals surface area (Å²) in [7, 11) is 0. The lowest BCUT2D eigenvalue weighted by atomic mass is 10.2. The van der Waals surface area contributed by atoms with Gasteiger partial charge in [-0.05, 0) is 31.2 Å². The molecule has 0 spiro atoms. The van der Waals surface area contributed by atoms with Crippen LogP contribution >= 0.6 is 11.8 Å². The topological polar surface area (TPSA) is 114 Å². The number of anilines is 1. The van der Waals surface area contributed by atoms with Gasteiger partial charge in [-0.1, -0.05) is 42.1 Å². The molecule has 1 aromatic heterocycles. The summed E-state index contributed by atoms with van der Waals surface area (Å²) in [6.45, 7) is 1.77. The molecule has 0 saturated carbocycles. The molecule has 1 heterocycles. The second kappa shape index (κ2) is 7.83. The summed E-state index contributed by atoms with van der Waals surface area (Å²) in [5, 5.41) is 9.91. The normalized spacial score (nSPS) is 11.7. The molecule has 0 aliphatic carbocycles. The van der Waals surface area contributed by atoms with Gasteiger partial charge in [0.2, 0.25) is 17.0 Å². The molecule has 3 aromatic rings. The highest BCUT2D eigenvalue weighted by Gasteiger charge is 2.17. The number of hydrogen-bond donors (Lipinski definition) is 3. The first-order valence-electron chi connectivity index (χ1n) is 7.88. The van der Waals surface area contributed by atoms with Crippen molar-refractivity contribution in [2.45, 2.75) is 17.3 Å². The molecule has 7 nitrogen and oxygen atoms in total. The smallest absolute Gasteiger partial charge is 0.248 e. The first-order chi connectivity index (χ1) is 12.5. The minimum Gasteiger partial charge on any atom is -0.366 e. The standard InChI is InChI=1S/C18H17N5O2S/c1-11(17(25)20-14-9-7-12(8-10-14)15(19)24)26-18-21-16(22-23-18)13-5-3-2-4-6-13/h2-11H,1H3,(H2,19,24)(H,20,25)(H,21,22,23)/t11-/m0/s1. The molecule has 8 heteroatoms. The first kappa shape index (κ1) is 17.7. The summed E-state index contributed by atoms with van der Waals surface area (Å²) in [6.07, 6.45) is 0. The molecule has 2 amide bonds. The van der Waals surface area contributed by atoms with Gasteiger partial charge in [0.05, 0.1) is 5.25 Å². The van der Waals surface area contributed by atoms with Gasteiger partial charge in [-0.25, -0.2) is 4.98 Å². The fraction of sp³-hybridized carbons (Fsp3) is 0.111. The van der Waals surface area contributed by atoms with E-state index in [1.165, 1.54) is 11.8 Å². The average Bonchev–Trinajstić information content (AvgIpc) is 3.11. The number of H-pyrrole nitrogens is 1. The van der Waals surface area contributed by atoms with Crippen molar-refractivity contribution in [2.75, 3.05) is 5.32 Å². The Kier molecular flexibility index (Phi) is 5.33. The summed E-state index contributed by atoms with van der Waals surface area (Å²) in [6, 6.07) is 16.0. The van der Waals surface area contributed by atoms with Crippen molar-refractivity contribution in [3.8, 4) is 11.4 Å². The summed E-state index contributed by atoms with van der Waals surface area (Å²) in [4.78, 5) is 27.8. The van der Waals surface area contributed by atoms with Crippen molar-refractivity contribution >= 4 is 29.3 Å². The number of nitrogens with two attached hydrogens (primary N) is 1. The van der Waals surface area contributed by atoms with Crippen molar-refractivity contribution < 1.29 is 9.59 Å². The quantitative estimate of drug-likeness (QED) is 0.580. The lowest BCUT2D eigenvalue weighted by Crippen LogP contribution is -2.22. The van der Waals surface area contributed by atoms with E-state index in [2.05, 4.69) is 20.5 Å². The Morgan fingerprint density at radius 3 is 2.46 bits per heavy atom. The number of carbonyl (C=O) groups excluding carboxylic acids is 2. The number of rotatable bonds is 6. The minimum atomic E-state index is -0.509. The SMILES string of the molecule is C[C@H](Sc1n[nH]c(-c2ccccc2)n1)C(=O)Nc1ccc(C(N)=O)cc1. The zero-order chi connectivity index (χ0) is 18.5. The number of amides is 2. The van der Waals surface area contributed by atoms with Gasteiger partial charge in [0, 0.05) is 16.8 Å². The van der Waals surface area contributed by atoms with Gasteiger partial charge in [0.25, 0.3) is 0 Å². The first-order valence-corrected chi connectivity index (χ1v) is 8.76. The molecule has 26 heavy (non-hydrogen) atoms. The van der Waals surface area contributed by atoms with Crippen LogP contribution in [0.1, 0.15) is 17.3 Å². The molecule has 0 aliphatic heterocycles. The molecule has 132 valence electrons. The lowest BCUT2D eigenvalue weighted by Gasteiger charge is -2.10. The highest BCUT2D eigenvalue weighted by Crippen LogP contribution is 2.23. The van der Waals surface area contributed by atoms with Crippen molar-refractivity contribution in [1.82, 2.24) is 15.2 Å². The molecular weight excluding hydrogens is 350 g/mol. The van der Waals surface area contributed by atoms with Crippen LogP contribution in [0, 0.1) is 0 Å². The van der Waals surface area contributed by atoms with E-state index in [9.17, 15) is 9.59 Å². The Bertz CT molecular complexity index is 909. The van der Waals surface area contributed by atoms with E-state index in [1.807, 2.05) is 30.3 Å². The van der Waals surface area contributed by atoms with Crippen LogP contribution in [0.25, 0.3) is 11.4 Å². The average molecular weight is 367 g/mol. The zero-order valence-corrected chi connectivity index (χ0v) is 14.8. The molecule has 0 aliphatic rings. The van der Waals surface area contributed by atoms with Gasteiger partial charge in [-0.3, -0.25) is 14.7 Å². The van der Waals surface area contributed by atoms with Crippen LogP contribution in [0.2, 0.25) is 0 Å². The Morgan fingerprint density at radius 1 is 1.12 bits per heavy atom. The van der Waals surface area contributed by atoms with Crippen LogP contribution in [0.4, 0.5) is 5.69 Å². The number of nitrogens with one attached hydrogen (secondary N) is 2. The molecular formula is C18H17N5O2S. The largest absolute Gasteiger partial charge is 0.366 e. The molecule has 0 fully saturated rings. The number of carbonyl (C=O) groups is 2. The van der Waals surface area contributed by atoms with Gasteiger partial charge >= 0.3 is 0 Å². The summed E-state index contributed by atoms with van der Waals surface area (Å²) >= 11 is 1.25. The van der Waals surface area contributed by atoms with E-state index in [1.54, 1.807) is 31.2 Å². The maximum absolute atomic E-state index is 12.3. The number of aromatic amines is 1. The maximum atomic E-state index is 12.3. The van der Waals surface area contributed by atoms with E-state index < -0.39 is 11.2 Å². The van der Waals surface area contributed by atoms with Crippen molar-refractivity contribution in [1.29, 1.82) is 0 Å². The van der Waals surface area contributed by atoms with Gasteiger partial charge in [0.1, 0.15) is 0 Å². The number of hydrogen-bond acceptors (Lipinski definition) is 5. The third-order valence-electron chi connectivity index (χ3n) is 3.60. The fourth-order valence-corrected chi connectivity index (χ4v) is 2.92. The minimum absolute atomic E-state index is 0.187. The Morgan fingerprint density at radius 2 is 1.81 bits per heavy atom. The van der Waals surface area contributed by atoms with E-state index in [0.717, 1.165) is 5.56 Å². The monoisotopic (exact) mass is 367 g/mol. The molecule has 0 saturated heterocycles. The van der Waals surface area contributed by atoms with Crippen LogP contribution in [0.3, 0.4) is 0 Å². The van der Waals surface area contributed by atoms with Gasteiger partial charge in [0.15, 0.2) is 5.82 Å². The van der Waals surface area contributed by atoms with Crippen LogP contribution < -0.4 is 11.1 Å². The summed E-state index contributed by atoms with van der Waals surface area (Å²) < 4.78 is 0. The van der Waals surface area contributed by atoms with Gasteiger partial charge < -0.3 is 11.1 Å². The number of thioether (sulfide) groups is 1. The van der Waals surface area contributed by atoms with Crippen LogP contribution in [0.15, 0.2) is 59.8 Å². The van der Waals surface area contributed by atoms with Crippen LogP contribution in [0.5, 0.6) is 0 Å². The third-order valence-corrected chi connectivity index (χ3v) is 4.56. The lowest BCUT2D eigenvalue weighted by molar-refractivity contribution is -0.115. The summed E-state index contributed by atoms with van der Waals surface area (Å²) in [5.74, 6) is -0.0405. The van der Waals surface area contributed by atoms with Crippen molar-refractivity contribution in [3.63, 3.8) is 0 Å². The number of primary amides is 1. The zero-order valence-electron chi connectivity index (χ0n) is 14.0. The molecule has 3 rings (SSSR count). The van der Waals surface area contributed by atoms with Crippen LogP contribution in [-0.4, -0.2) is 32.2 Å². The van der Waals surface area contributed by atoms with Gasteiger partial charge in [-0.15, -0.1) is 5.10 Å². The predicted octanol–water partition coefficient (Wildman–Crippen LogP) is 2.69. The third kappa shape index (κ3) is 4.28. The van der Waals surface area contributed by atoms with Crippen molar-refractivity contribution in [3.05, 3.63) is 60.2 Å². The maximum Gasteiger partial charge on any atom is 0.248 e. The molecule has 0 bridgehead atoms. The van der Waals surface area contributed by atoms with E-state index in [-0.39, 0.29) is 5.91 Å². The number of nitrogens with zero attached hydrogens (tertiary/aromatic N) is 2. The predicted molar refractivity (Wildman–Crippen MR) is 101 cm³/mol. The van der Waals surface area contributed by atoms with Gasteiger partial charge in [-0.2, -0.15) is 0 Å².